The molecule has 0 aliphatic heterocycles. The molecule has 0 saturated heterocycles. The van der Waals surface area contributed by atoms with E-state index in [0.717, 1.165) is 16.7 Å². The monoisotopic (exact) mass is 461 g/mol. The van der Waals surface area contributed by atoms with Gasteiger partial charge in [-0.3, -0.25) is 18.7 Å². The summed E-state index contributed by atoms with van der Waals surface area (Å²) in [7, 11) is 0. The Hall–Kier alpha value is -3.45. The fraction of sp³-hybridized carbons (Fsp3) is 0.269. The first-order chi connectivity index (χ1) is 15.9. The largest absolute Gasteiger partial charge is 0.352 e. The summed E-state index contributed by atoms with van der Waals surface area (Å²) in [4.78, 5) is 38.4. The molecule has 6 nitrogen and oxygen atoms in total. The predicted molar refractivity (Wildman–Crippen MR) is 133 cm³/mol. The third-order valence-electron chi connectivity index (χ3n) is 5.69. The lowest BCUT2D eigenvalue weighted by Gasteiger charge is -2.12. The van der Waals surface area contributed by atoms with Crippen molar-refractivity contribution in [3.8, 4) is 0 Å². The van der Waals surface area contributed by atoms with E-state index in [2.05, 4.69) is 5.32 Å². The third kappa shape index (κ3) is 5.31. The lowest BCUT2D eigenvalue weighted by molar-refractivity contribution is -0.121. The Bertz CT molecular complexity index is 1380. The number of hydrogen-bond acceptors (Lipinski definition) is 4. The molecule has 0 radical (unpaired) electrons. The van der Waals surface area contributed by atoms with Crippen LogP contribution in [0.15, 0.2) is 69.6 Å². The molecule has 1 N–H and O–H groups in total. The molecule has 4 rings (SSSR count). The first kappa shape index (κ1) is 22.7. The molecule has 170 valence electrons. The van der Waals surface area contributed by atoms with Crippen LogP contribution in [0.5, 0.6) is 0 Å². The van der Waals surface area contributed by atoms with Crippen LogP contribution in [0, 0.1) is 13.8 Å². The van der Waals surface area contributed by atoms with Gasteiger partial charge in [-0.15, -0.1) is 11.3 Å². The maximum atomic E-state index is 13.2. The van der Waals surface area contributed by atoms with E-state index in [9.17, 15) is 14.4 Å². The number of aromatic nitrogens is 2. The smallest absolute Gasteiger partial charge is 0.331 e. The molecular weight excluding hydrogens is 434 g/mol. The summed E-state index contributed by atoms with van der Waals surface area (Å²) in [5, 5.41) is 4.73. The fourth-order valence-electron chi connectivity index (χ4n) is 3.75. The van der Waals surface area contributed by atoms with Crippen LogP contribution >= 0.6 is 11.3 Å². The van der Waals surface area contributed by atoms with Crippen molar-refractivity contribution in [3.05, 3.63) is 103 Å². The van der Waals surface area contributed by atoms with Gasteiger partial charge in [0.2, 0.25) is 5.91 Å². The number of carbonyl (C=O) groups is 1. The minimum atomic E-state index is -0.341. The number of carbonyl (C=O) groups excluding carboxylic acids is 1. The topological polar surface area (TPSA) is 73.1 Å². The molecule has 0 spiro atoms. The van der Waals surface area contributed by atoms with E-state index in [4.69, 9.17) is 0 Å². The highest BCUT2D eigenvalue weighted by Crippen LogP contribution is 2.17. The molecule has 0 aliphatic carbocycles. The van der Waals surface area contributed by atoms with E-state index in [1.807, 2.05) is 73.8 Å². The third-order valence-corrected chi connectivity index (χ3v) is 6.59. The second kappa shape index (κ2) is 10.0. The van der Waals surface area contributed by atoms with Crippen LogP contribution in [-0.4, -0.2) is 15.0 Å². The van der Waals surface area contributed by atoms with Gasteiger partial charge in [0.05, 0.1) is 12.1 Å². The number of benzene rings is 2. The highest BCUT2D eigenvalue weighted by molar-refractivity contribution is 7.17. The zero-order chi connectivity index (χ0) is 23.4. The lowest BCUT2D eigenvalue weighted by atomic mass is 10.1. The molecule has 0 fully saturated rings. The highest BCUT2D eigenvalue weighted by atomic mass is 32.1. The Balaban J connectivity index is 1.46. The number of rotatable bonds is 8. The van der Waals surface area contributed by atoms with Gasteiger partial charge in [0.1, 0.15) is 4.70 Å². The van der Waals surface area contributed by atoms with Crippen molar-refractivity contribution in [2.75, 3.05) is 0 Å². The molecule has 0 unspecified atom stereocenters. The molecule has 0 aliphatic rings. The van der Waals surface area contributed by atoms with Gasteiger partial charge in [-0.25, -0.2) is 4.79 Å². The number of aryl methyl sites for hydroxylation is 2. The molecule has 0 atom stereocenters. The van der Waals surface area contributed by atoms with Gasteiger partial charge >= 0.3 is 5.69 Å². The van der Waals surface area contributed by atoms with Crippen molar-refractivity contribution in [2.45, 2.75) is 46.3 Å². The molecule has 0 bridgehead atoms. The minimum Gasteiger partial charge on any atom is -0.352 e. The molecule has 7 heteroatoms. The van der Waals surface area contributed by atoms with Gasteiger partial charge in [-0.1, -0.05) is 59.7 Å². The Kier molecular flexibility index (Phi) is 6.89. The van der Waals surface area contributed by atoms with E-state index in [0.29, 0.717) is 29.7 Å². The van der Waals surface area contributed by atoms with Crippen molar-refractivity contribution >= 4 is 27.5 Å². The van der Waals surface area contributed by atoms with Crippen LogP contribution in [0.25, 0.3) is 10.2 Å². The van der Waals surface area contributed by atoms with Crippen molar-refractivity contribution < 1.29 is 4.79 Å². The maximum Gasteiger partial charge on any atom is 0.331 e. The van der Waals surface area contributed by atoms with Crippen molar-refractivity contribution in [1.29, 1.82) is 0 Å². The molecule has 2 heterocycles. The zero-order valence-corrected chi connectivity index (χ0v) is 19.7. The second-order valence-corrected chi connectivity index (χ2v) is 9.23. The van der Waals surface area contributed by atoms with Crippen LogP contribution in [0.4, 0.5) is 0 Å². The van der Waals surface area contributed by atoms with Gasteiger partial charge in [0.15, 0.2) is 0 Å². The highest BCUT2D eigenvalue weighted by Gasteiger charge is 2.15. The number of thiophene rings is 1. The summed E-state index contributed by atoms with van der Waals surface area (Å²) in [6, 6.07) is 17.8. The first-order valence-electron chi connectivity index (χ1n) is 11.0. The number of amides is 1. The van der Waals surface area contributed by atoms with Crippen molar-refractivity contribution in [1.82, 2.24) is 14.5 Å². The lowest BCUT2D eigenvalue weighted by Crippen LogP contribution is -2.40. The summed E-state index contributed by atoms with van der Waals surface area (Å²) in [6.07, 6.45) is 0.661. The number of hydrogen-bond donors (Lipinski definition) is 1. The standard InChI is InChI=1S/C26H27N3O3S/c1-18-5-9-20(10-6-18)16-27-23(30)4-3-14-28-25(31)24-22(13-15-33-24)29(26(28)32)17-21-11-7-19(2)8-12-21/h5-13,15H,3-4,14,16-17H2,1-2H3,(H,27,30). The first-order valence-corrected chi connectivity index (χ1v) is 11.9. The van der Waals surface area contributed by atoms with Crippen LogP contribution in [0.3, 0.4) is 0 Å². The summed E-state index contributed by atoms with van der Waals surface area (Å²) < 4.78 is 3.47. The maximum absolute atomic E-state index is 13.2. The molecular formula is C26H27N3O3S. The zero-order valence-electron chi connectivity index (χ0n) is 18.8. The SMILES string of the molecule is Cc1ccc(CNC(=O)CCCn2c(=O)c3sccc3n(Cc3ccc(C)cc3)c2=O)cc1. The number of fused-ring (bicyclic) bond motifs is 1. The summed E-state index contributed by atoms with van der Waals surface area (Å²) in [5.41, 5.74) is 4.38. The molecule has 2 aromatic heterocycles. The van der Waals surface area contributed by atoms with E-state index in [-0.39, 0.29) is 30.1 Å². The normalized spacial score (nSPS) is 11.1. The number of nitrogens with one attached hydrogen (secondary N) is 1. The van der Waals surface area contributed by atoms with Crippen LogP contribution in [-0.2, 0) is 24.4 Å². The summed E-state index contributed by atoms with van der Waals surface area (Å²) in [6.45, 7) is 5.10. The predicted octanol–water partition coefficient (Wildman–Crippen LogP) is 3.99. The number of nitrogens with zero attached hydrogens (tertiary/aromatic N) is 2. The van der Waals surface area contributed by atoms with E-state index >= 15 is 0 Å². The van der Waals surface area contributed by atoms with Crippen molar-refractivity contribution in [2.24, 2.45) is 0 Å². The van der Waals surface area contributed by atoms with Gasteiger partial charge in [0, 0.05) is 19.5 Å². The molecule has 2 aromatic carbocycles. The molecule has 33 heavy (non-hydrogen) atoms. The van der Waals surface area contributed by atoms with Crippen molar-refractivity contribution in [3.63, 3.8) is 0 Å². The molecule has 1 amide bonds. The minimum absolute atomic E-state index is 0.0965. The van der Waals surface area contributed by atoms with Gasteiger partial charge < -0.3 is 5.32 Å². The second-order valence-electron chi connectivity index (χ2n) is 8.31. The molecule has 0 saturated carbocycles. The summed E-state index contributed by atoms with van der Waals surface area (Å²) >= 11 is 1.34. The van der Waals surface area contributed by atoms with Gasteiger partial charge in [-0.2, -0.15) is 0 Å². The van der Waals surface area contributed by atoms with Crippen LogP contribution < -0.4 is 16.6 Å². The van der Waals surface area contributed by atoms with E-state index in [1.165, 1.54) is 21.5 Å². The molecule has 4 aromatic rings. The van der Waals surface area contributed by atoms with Gasteiger partial charge in [0.25, 0.3) is 5.56 Å². The van der Waals surface area contributed by atoms with E-state index in [1.54, 1.807) is 4.57 Å². The van der Waals surface area contributed by atoms with Gasteiger partial charge in [-0.05, 0) is 42.8 Å². The Labute approximate surface area is 196 Å². The average Bonchev–Trinajstić information content (AvgIpc) is 3.30. The average molecular weight is 462 g/mol. The van der Waals surface area contributed by atoms with Crippen LogP contribution in [0.2, 0.25) is 0 Å². The summed E-state index contributed by atoms with van der Waals surface area (Å²) in [5.74, 6) is -0.0965. The Morgan fingerprint density at radius 1 is 0.879 bits per heavy atom. The Morgan fingerprint density at radius 2 is 1.52 bits per heavy atom. The fourth-order valence-corrected chi connectivity index (χ4v) is 4.60. The Morgan fingerprint density at radius 3 is 2.18 bits per heavy atom. The van der Waals surface area contributed by atoms with E-state index < -0.39 is 0 Å². The quantitative estimate of drug-likeness (QED) is 0.431. The van der Waals surface area contributed by atoms with Crippen LogP contribution in [0.1, 0.15) is 35.1 Å².